The summed E-state index contributed by atoms with van der Waals surface area (Å²) in [5, 5.41) is 11.8. The van der Waals surface area contributed by atoms with Crippen molar-refractivity contribution in [3.05, 3.63) is 47.3 Å². The smallest absolute Gasteiger partial charge is 0.317 e. The maximum Gasteiger partial charge on any atom is 0.317 e. The maximum absolute atomic E-state index is 13.2. The van der Waals surface area contributed by atoms with Gasteiger partial charge >= 0.3 is 6.03 Å². The molecule has 6 heteroatoms. The summed E-state index contributed by atoms with van der Waals surface area (Å²) in [4.78, 5) is 13.3. The molecule has 0 fully saturated rings. The molecule has 0 aromatic heterocycles. The quantitative estimate of drug-likeness (QED) is 0.793. The number of carbonyl (C=O) groups excluding carboxylic acids is 1. The zero-order valence-electron chi connectivity index (χ0n) is 11.3. The third kappa shape index (κ3) is 4.21. The lowest BCUT2D eigenvalue weighted by Crippen LogP contribution is -2.44. The predicted molar refractivity (Wildman–Crippen MR) is 77.1 cm³/mol. The van der Waals surface area contributed by atoms with E-state index in [4.69, 9.17) is 11.6 Å². The first-order chi connectivity index (χ1) is 9.51. The van der Waals surface area contributed by atoms with Crippen LogP contribution < -0.4 is 5.32 Å². The highest BCUT2D eigenvalue weighted by atomic mass is 35.5. The van der Waals surface area contributed by atoms with Crippen LogP contribution in [0.4, 0.5) is 9.18 Å². The number of aliphatic hydroxyl groups excluding tert-OH is 1. The first-order valence-corrected chi connectivity index (χ1v) is 6.54. The van der Waals surface area contributed by atoms with Gasteiger partial charge < -0.3 is 15.3 Å². The van der Waals surface area contributed by atoms with Crippen LogP contribution >= 0.6 is 11.6 Å². The van der Waals surface area contributed by atoms with Gasteiger partial charge in [0, 0.05) is 13.6 Å². The van der Waals surface area contributed by atoms with Gasteiger partial charge in [-0.15, -0.1) is 6.58 Å². The van der Waals surface area contributed by atoms with Gasteiger partial charge in [-0.05, 0) is 18.1 Å². The van der Waals surface area contributed by atoms with E-state index in [1.54, 1.807) is 19.2 Å². The molecule has 0 heterocycles. The summed E-state index contributed by atoms with van der Waals surface area (Å²) >= 11 is 5.80. The van der Waals surface area contributed by atoms with Gasteiger partial charge in [-0.2, -0.15) is 0 Å². The number of nitrogens with zero attached hydrogens (tertiary/aromatic N) is 1. The molecule has 0 aliphatic heterocycles. The molecule has 2 amide bonds. The van der Waals surface area contributed by atoms with Crippen LogP contribution in [0.25, 0.3) is 0 Å². The molecule has 1 aromatic carbocycles. The van der Waals surface area contributed by atoms with Crippen molar-refractivity contribution < 1.29 is 14.3 Å². The minimum atomic E-state index is -0.522. The lowest BCUT2D eigenvalue weighted by molar-refractivity contribution is 0.150. The molecule has 1 rings (SSSR count). The van der Waals surface area contributed by atoms with E-state index in [1.165, 1.54) is 17.0 Å². The Kier molecular flexibility index (Phi) is 6.48. The van der Waals surface area contributed by atoms with Crippen LogP contribution in [0, 0.1) is 5.82 Å². The molecule has 0 saturated heterocycles. The number of aliphatic hydroxyl groups is 1. The number of benzene rings is 1. The van der Waals surface area contributed by atoms with Crippen molar-refractivity contribution in [2.75, 3.05) is 13.7 Å². The Balaban J connectivity index is 2.62. The normalized spacial score (nSPS) is 11.8. The van der Waals surface area contributed by atoms with Crippen LogP contribution in [0.5, 0.6) is 0 Å². The van der Waals surface area contributed by atoms with E-state index in [0.29, 0.717) is 12.0 Å². The minimum Gasteiger partial charge on any atom is -0.394 e. The maximum atomic E-state index is 13.2. The third-order valence-electron chi connectivity index (χ3n) is 2.98. The fourth-order valence-corrected chi connectivity index (χ4v) is 1.89. The van der Waals surface area contributed by atoms with E-state index < -0.39 is 5.82 Å². The fraction of sp³-hybridized carbons (Fsp3) is 0.357. The van der Waals surface area contributed by atoms with Crippen molar-refractivity contribution >= 4 is 17.6 Å². The summed E-state index contributed by atoms with van der Waals surface area (Å²) in [6.07, 6.45) is 2.12. The summed E-state index contributed by atoms with van der Waals surface area (Å²) in [5.74, 6) is -0.522. The average Bonchev–Trinajstić information content (AvgIpc) is 2.45. The number of rotatable bonds is 6. The van der Waals surface area contributed by atoms with E-state index >= 15 is 0 Å². The van der Waals surface area contributed by atoms with E-state index in [0.717, 1.165) is 0 Å². The predicted octanol–water partition coefficient (Wildman–Crippen LogP) is 2.56. The second-order valence-corrected chi connectivity index (χ2v) is 4.72. The lowest BCUT2D eigenvalue weighted by atomic mass is 10.2. The Morgan fingerprint density at radius 3 is 2.95 bits per heavy atom. The molecule has 110 valence electrons. The number of halogens is 2. The second kappa shape index (κ2) is 7.87. The summed E-state index contributed by atoms with van der Waals surface area (Å²) in [5.41, 5.74) is 0.498. The van der Waals surface area contributed by atoms with Crippen molar-refractivity contribution in [2.24, 2.45) is 0 Å². The number of amides is 2. The van der Waals surface area contributed by atoms with Crippen LogP contribution in [0.15, 0.2) is 30.9 Å². The minimum absolute atomic E-state index is 0.000234. The first kappa shape index (κ1) is 16.5. The molecular weight excluding hydrogens is 283 g/mol. The number of urea groups is 1. The van der Waals surface area contributed by atoms with Gasteiger partial charge in [-0.25, -0.2) is 9.18 Å². The van der Waals surface area contributed by atoms with Crippen molar-refractivity contribution in [2.45, 2.75) is 19.0 Å². The standard InChI is InChI=1S/C14H18ClFN2O2/c1-3-5-11(9-19)18(2)14(20)17-8-10-6-4-7-12(16)13(10)15/h3-4,6-7,11,19H,1,5,8-9H2,2H3,(H,17,20)/t11-/m0/s1. The van der Waals surface area contributed by atoms with Crippen molar-refractivity contribution in [3.8, 4) is 0 Å². The Morgan fingerprint density at radius 1 is 1.65 bits per heavy atom. The highest BCUT2D eigenvalue weighted by Gasteiger charge is 2.18. The molecule has 0 unspecified atom stereocenters. The fourth-order valence-electron chi connectivity index (χ4n) is 1.69. The van der Waals surface area contributed by atoms with Gasteiger partial charge in [-0.3, -0.25) is 0 Å². The molecule has 2 N–H and O–H groups in total. The molecular formula is C14H18ClFN2O2. The van der Waals surface area contributed by atoms with Crippen molar-refractivity contribution in [3.63, 3.8) is 0 Å². The van der Waals surface area contributed by atoms with Gasteiger partial charge in [0.05, 0.1) is 17.7 Å². The van der Waals surface area contributed by atoms with Crippen molar-refractivity contribution in [1.82, 2.24) is 10.2 Å². The number of hydrogen-bond donors (Lipinski definition) is 2. The molecule has 1 atom stereocenters. The molecule has 0 aliphatic rings. The van der Waals surface area contributed by atoms with E-state index in [1.807, 2.05) is 0 Å². The zero-order chi connectivity index (χ0) is 15.1. The Morgan fingerprint density at radius 2 is 2.35 bits per heavy atom. The zero-order valence-corrected chi connectivity index (χ0v) is 12.0. The van der Waals surface area contributed by atoms with Gasteiger partial charge in [0.2, 0.25) is 0 Å². The summed E-state index contributed by atoms with van der Waals surface area (Å²) in [6.45, 7) is 3.54. The number of nitrogens with one attached hydrogen (secondary N) is 1. The van der Waals surface area contributed by atoms with Gasteiger partial charge in [-0.1, -0.05) is 29.8 Å². The molecule has 0 radical (unpaired) electrons. The highest BCUT2D eigenvalue weighted by Crippen LogP contribution is 2.19. The molecule has 4 nitrogen and oxygen atoms in total. The molecule has 0 aliphatic carbocycles. The third-order valence-corrected chi connectivity index (χ3v) is 3.40. The lowest BCUT2D eigenvalue weighted by Gasteiger charge is -2.26. The Bertz CT molecular complexity index is 482. The van der Waals surface area contributed by atoms with E-state index in [9.17, 15) is 14.3 Å². The molecule has 0 saturated carbocycles. The topological polar surface area (TPSA) is 52.6 Å². The van der Waals surface area contributed by atoms with Crippen LogP contribution in [0.3, 0.4) is 0 Å². The van der Waals surface area contributed by atoms with Gasteiger partial charge in [0.1, 0.15) is 5.82 Å². The van der Waals surface area contributed by atoms with Gasteiger partial charge in [0.25, 0.3) is 0 Å². The first-order valence-electron chi connectivity index (χ1n) is 6.16. The number of hydrogen-bond acceptors (Lipinski definition) is 2. The molecule has 20 heavy (non-hydrogen) atoms. The molecule has 1 aromatic rings. The summed E-state index contributed by atoms with van der Waals surface area (Å²) in [7, 11) is 1.58. The van der Waals surface area contributed by atoms with E-state index in [-0.39, 0.29) is 30.2 Å². The largest absolute Gasteiger partial charge is 0.394 e. The number of likely N-dealkylation sites (N-methyl/N-ethyl adjacent to an activating group) is 1. The summed E-state index contributed by atoms with van der Waals surface area (Å²) < 4.78 is 13.2. The van der Waals surface area contributed by atoms with Gasteiger partial charge in [0.15, 0.2) is 0 Å². The Hall–Kier alpha value is -1.59. The van der Waals surface area contributed by atoms with Crippen molar-refractivity contribution in [1.29, 1.82) is 0 Å². The Labute approximate surface area is 122 Å². The number of carbonyl (C=O) groups is 1. The molecule has 0 bridgehead atoms. The van der Waals surface area contributed by atoms with Crippen LogP contribution in [0.2, 0.25) is 5.02 Å². The van der Waals surface area contributed by atoms with Crippen LogP contribution in [0.1, 0.15) is 12.0 Å². The van der Waals surface area contributed by atoms with Crippen LogP contribution in [-0.2, 0) is 6.54 Å². The molecule has 0 spiro atoms. The highest BCUT2D eigenvalue weighted by molar-refractivity contribution is 6.31. The average molecular weight is 301 g/mol. The van der Waals surface area contributed by atoms with Crippen LogP contribution in [-0.4, -0.2) is 35.7 Å². The second-order valence-electron chi connectivity index (χ2n) is 4.34. The summed E-state index contributed by atoms with van der Waals surface area (Å²) in [6, 6.07) is 3.72. The van der Waals surface area contributed by atoms with E-state index in [2.05, 4.69) is 11.9 Å². The monoisotopic (exact) mass is 300 g/mol. The SMILES string of the molecule is C=CC[C@@H](CO)N(C)C(=O)NCc1cccc(F)c1Cl.